The van der Waals surface area contributed by atoms with E-state index in [1.165, 1.54) is 10.6 Å². The Morgan fingerprint density at radius 1 is 2.00 bits per heavy atom. The average molecular weight is 143 g/mol. The minimum absolute atomic E-state index is 0.508. The Morgan fingerprint density at radius 2 is 2.67 bits per heavy atom. The van der Waals surface area contributed by atoms with Gasteiger partial charge in [0.05, 0.1) is 0 Å². The lowest BCUT2D eigenvalue weighted by Crippen LogP contribution is -2.13. The molecule has 1 aliphatic heterocycles. The van der Waals surface area contributed by atoms with Gasteiger partial charge in [-0.2, -0.15) is 4.21 Å². The molecule has 0 fully saturated rings. The zero-order valence-corrected chi connectivity index (χ0v) is 5.64. The van der Waals surface area contributed by atoms with Gasteiger partial charge in [-0.1, -0.05) is 0 Å². The zero-order chi connectivity index (χ0) is 6.85. The van der Waals surface area contributed by atoms with Crippen molar-refractivity contribution in [1.29, 1.82) is 0 Å². The van der Waals surface area contributed by atoms with Crippen molar-refractivity contribution >= 4 is 11.3 Å². The molecule has 0 saturated heterocycles. The second-order valence-electron chi connectivity index (χ2n) is 1.46. The number of terminal acetylenes is 1. The summed E-state index contributed by atoms with van der Waals surface area (Å²) in [6.07, 6.45) is 6.31. The molecule has 1 heterocycles. The Bertz CT molecular complexity index is 215. The molecule has 0 amide bonds. The summed E-state index contributed by atoms with van der Waals surface area (Å²) < 4.78 is 16.5. The topological polar surface area (TPSA) is 29.5 Å². The molecule has 1 unspecified atom stereocenters. The Hall–Kier alpha value is -0.950. The number of hydrogen-bond acceptors (Lipinski definition) is 2. The van der Waals surface area contributed by atoms with Crippen LogP contribution in [0.25, 0.3) is 0 Å². The van der Waals surface area contributed by atoms with E-state index in [0.717, 1.165) is 0 Å². The normalized spacial score (nSPS) is 24.7. The highest BCUT2D eigenvalue weighted by Gasteiger charge is 2.17. The van der Waals surface area contributed by atoms with Crippen LogP contribution in [-0.4, -0.2) is 15.6 Å². The van der Waals surface area contributed by atoms with Gasteiger partial charge in [-0.3, -0.25) is 4.31 Å². The first kappa shape index (κ1) is 6.17. The van der Waals surface area contributed by atoms with Crippen molar-refractivity contribution in [3.05, 3.63) is 12.0 Å². The van der Waals surface area contributed by atoms with Gasteiger partial charge in [-0.05, 0) is 5.92 Å². The molecule has 4 heteroatoms. The largest absolute Gasteiger partial charge is 0.390 e. The molecular formula is C5H5NO2S. The third-order valence-corrected chi connectivity index (χ3v) is 1.86. The maximum Gasteiger partial charge on any atom is 0.318 e. The zero-order valence-electron chi connectivity index (χ0n) is 4.83. The van der Waals surface area contributed by atoms with Crippen LogP contribution >= 0.6 is 0 Å². The fourth-order valence-corrected chi connectivity index (χ4v) is 0.990. The first-order valence-corrected chi connectivity index (χ1v) is 3.28. The molecule has 0 N–H and O–H groups in total. The quantitative estimate of drug-likeness (QED) is 0.447. The van der Waals surface area contributed by atoms with E-state index in [0.29, 0.717) is 5.70 Å². The number of rotatable bonds is 0. The summed E-state index contributed by atoms with van der Waals surface area (Å²) in [5.41, 5.74) is 0.508. The van der Waals surface area contributed by atoms with Crippen molar-refractivity contribution in [1.82, 2.24) is 4.31 Å². The SMILES string of the molecule is C#CC1=COS(=O)N1C. The number of allylic oxidation sites excluding steroid dienone is 1. The minimum atomic E-state index is -1.40. The summed E-state index contributed by atoms with van der Waals surface area (Å²) in [5.74, 6) is 2.31. The van der Waals surface area contributed by atoms with Gasteiger partial charge in [0.25, 0.3) is 0 Å². The summed E-state index contributed by atoms with van der Waals surface area (Å²) >= 11 is -1.40. The van der Waals surface area contributed by atoms with Crippen molar-refractivity contribution in [3.8, 4) is 12.3 Å². The smallest absolute Gasteiger partial charge is 0.318 e. The predicted molar refractivity (Wildman–Crippen MR) is 33.9 cm³/mol. The standard InChI is InChI=1S/C5H5NO2S/c1-3-5-4-8-9(7)6(5)2/h1,4H,2H3. The number of hydrogen-bond donors (Lipinski definition) is 0. The van der Waals surface area contributed by atoms with Crippen LogP contribution < -0.4 is 0 Å². The van der Waals surface area contributed by atoms with Crippen LogP contribution in [0.4, 0.5) is 0 Å². The van der Waals surface area contributed by atoms with Crippen LogP contribution in [0.1, 0.15) is 0 Å². The van der Waals surface area contributed by atoms with Gasteiger partial charge in [0.1, 0.15) is 12.0 Å². The molecule has 1 aliphatic rings. The summed E-state index contributed by atoms with van der Waals surface area (Å²) in [4.78, 5) is 0. The lowest BCUT2D eigenvalue weighted by molar-refractivity contribution is 0.500. The fraction of sp³-hybridized carbons (Fsp3) is 0.200. The van der Waals surface area contributed by atoms with E-state index in [-0.39, 0.29) is 0 Å². The Kier molecular flexibility index (Phi) is 1.45. The van der Waals surface area contributed by atoms with Crippen molar-refractivity contribution < 1.29 is 8.39 Å². The molecule has 0 saturated carbocycles. The molecule has 0 aromatic carbocycles. The summed E-state index contributed by atoms with van der Waals surface area (Å²) in [6.45, 7) is 0. The van der Waals surface area contributed by atoms with E-state index in [1.54, 1.807) is 7.05 Å². The van der Waals surface area contributed by atoms with E-state index >= 15 is 0 Å². The van der Waals surface area contributed by atoms with Crippen LogP contribution in [0, 0.1) is 12.3 Å². The van der Waals surface area contributed by atoms with Crippen LogP contribution in [0.15, 0.2) is 12.0 Å². The molecule has 1 atom stereocenters. The second kappa shape index (κ2) is 2.11. The second-order valence-corrected chi connectivity index (χ2v) is 2.63. The highest BCUT2D eigenvalue weighted by atomic mass is 32.2. The first-order valence-electron chi connectivity index (χ1n) is 2.25. The van der Waals surface area contributed by atoms with Crippen molar-refractivity contribution in [2.24, 2.45) is 0 Å². The Labute approximate surface area is 56.1 Å². The maximum absolute atomic E-state index is 10.6. The molecule has 0 aliphatic carbocycles. The molecule has 0 aromatic rings. The van der Waals surface area contributed by atoms with E-state index in [2.05, 4.69) is 10.1 Å². The first-order chi connectivity index (χ1) is 4.25. The van der Waals surface area contributed by atoms with Gasteiger partial charge >= 0.3 is 11.3 Å². The summed E-state index contributed by atoms with van der Waals surface area (Å²) in [6, 6.07) is 0. The van der Waals surface area contributed by atoms with Crippen molar-refractivity contribution in [3.63, 3.8) is 0 Å². The van der Waals surface area contributed by atoms with E-state index in [1.807, 2.05) is 0 Å². The van der Waals surface area contributed by atoms with Gasteiger partial charge in [0, 0.05) is 7.05 Å². The molecule has 0 bridgehead atoms. The van der Waals surface area contributed by atoms with Gasteiger partial charge < -0.3 is 4.18 Å². The summed E-state index contributed by atoms with van der Waals surface area (Å²) in [5, 5.41) is 0. The summed E-state index contributed by atoms with van der Waals surface area (Å²) in [7, 11) is 1.61. The third-order valence-electron chi connectivity index (χ3n) is 0.953. The van der Waals surface area contributed by atoms with Crippen molar-refractivity contribution in [2.45, 2.75) is 0 Å². The molecule has 0 spiro atoms. The van der Waals surface area contributed by atoms with Gasteiger partial charge in [-0.25, -0.2) is 0 Å². The van der Waals surface area contributed by atoms with E-state index in [4.69, 9.17) is 6.42 Å². The predicted octanol–water partition coefficient (Wildman–Crippen LogP) is 0.00170. The highest BCUT2D eigenvalue weighted by Crippen LogP contribution is 2.12. The molecule has 0 aromatic heterocycles. The molecule has 1 rings (SSSR count). The highest BCUT2D eigenvalue weighted by molar-refractivity contribution is 7.78. The third kappa shape index (κ3) is 0.911. The van der Waals surface area contributed by atoms with Gasteiger partial charge in [-0.15, -0.1) is 6.42 Å². The minimum Gasteiger partial charge on any atom is -0.390 e. The fourth-order valence-electron chi connectivity index (χ4n) is 0.431. The molecule has 9 heavy (non-hydrogen) atoms. The lowest BCUT2D eigenvalue weighted by Gasteiger charge is -2.03. The van der Waals surface area contributed by atoms with Crippen LogP contribution in [0.5, 0.6) is 0 Å². The Balaban J connectivity index is 2.81. The van der Waals surface area contributed by atoms with Gasteiger partial charge in [0.2, 0.25) is 0 Å². The van der Waals surface area contributed by atoms with E-state index < -0.39 is 11.3 Å². The Morgan fingerprint density at radius 3 is 2.89 bits per heavy atom. The molecular weight excluding hydrogens is 138 g/mol. The maximum atomic E-state index is 10.6. The average Bonchev–Trinajstić information content (AvgIpc) is 2.15. The lowest BCUT2D eigenvalue weighted by atomic mass is 10.5. The van der Waals surface area contributed by atoms with Crippen LogP contribution in [0.3, 0.4) is 0 Å². The van der Waals surface area contributed by atoms with Gasteiger partial charge in [0.15, 0.2) is 0 Å². The molecule has 3 nitrogen and oxygen atoms in total. The van der Waals surface area contributed by atoms with Crippen LogP contribution in [0.2, 0.25) is 0 Å². The molecule has 0 radical (unpaired) electrons. The number of nitrogens with zero attached hydrogens (tertiary/aromatic N) is 1. The van der Waals surface area contributed by atoms with Crippen LogP contribution in [-0.2, 0) is 15.4 Å². The monoisotopic (exact) mass is 143 g/mol. The molecule has 48 valence electrons. The van der Waals surface area contributed by atoms with Crippen molar-refractivity contribution in [2.75, 3.05) is 7.05 Å². The van der Waals surface area contributed by atoms with E-state index in [9.17, 15) is 4.21 Å².